The number of aromatic amines is 1. The highest BCUT2D eigenvalue weighted by molar-refractivity contribution is 5.98. The number of H-pyrrole nitrogens is 1. The van der Waals surface area contributed by atoms with Crippen LogP contribution in [0.1, 0.15) is 69.8 Å². The van der Waals surface area contributed by atoms with E-state index in [1.807, 2.05) is 18.2 Å². The van der Waals surface area contributed by atoms with Crippen molar-refractivity contribution < 1.29 is 48.3 Å². The van der Waals surface area contributed by atoms with Crippen LogP contribution in [-0.2, 0) is 49.6 Å². The first-order valence-corrected chi connectivity index (χ1v) is 21.3. The van der Waals surface area contributed by atoms with E-state index in [0.29, 0.717) is 12.0 Å². The molecule has 1 aliphatic heterocycles. The lowest BCUT2D eigenvalue weighted by molar-refractivity contribution is -0.143. The van der Waals surface area contributed by atoms with E-state index in [1.54, 1.807) is 12.3 Å². The Bertz CT molecular complexity index is 2120. The largest absolute Gasteiger partial charge is 0.480 e. The summed E-state index contributed by atoms with van der Waals surface area (Å²) in [6, 6.07) is -0.641. The molecule has 26 heteroatoms. The fourth-order valence-electron chi connectivity index (χ4n) is 7.13. The molecular weight excluding hydrogens is 865 g/mol. The standard InChI is InChI=1S/C40H62N16O10/c41-23(11-13-30(42)57)33(61)52-27(12-14-31(43)58)36(64)54-25(8-3-15-48-39(44)45)34(62)53-26(9-4-16-49-40(46)47)35(63)55-28(18-21-19-50-24-7-2-1-6-22(21)24)38(66)56-17-5-10-29(56)37(65)51-20-32(59)60/h1-2,6-7,19,23,25-29,50H,3-5,8-18,20,41H2,(H2,42,57)(H2,43,58)(H,51,65)(H,52,61)(H,53,62)(H,54,64)(H,55,63)(H,59,60)(H4,44,45,48)(H4,46,47,49)/t23-,25-,26-,27-,28-,29-/m0/s1. The number of benzene rings is 1. The highest BCUT2D eigenvalue weighted by atomic mass is 16.4. The van der Waals surface area contributed by atoms with Crippen molar-refractivity contribution in [3.63, 3.8) is 0 Å². The van der Waals surface area contributed by atoms with Crippen molar-refractivity contribution in [3.8, 4) is 0 Å². The van der Waals surface area contributed by atoms with E-state index >= 15 is 0 Å². The minimum atomic E-state index is -1.45. The Morgan fingerprint density at radius 2 is 1.23 bits per heavy atom. The maximum atomic E-state index is 14.5. The zero-order chi connectivity index (χ0) is 48.9. The lowest BCUT2D eigenvalue weighted by Gasteiger charge is -2.30. The SMILES string of the molecule is NC(=O)CC[C@H](NC(=O)[C@@H](N)CCC(N)=O)C(=O)N[C@@H](CCCN=C(N)N)C(=O)N[C@@H](CCCN=C(N)N)C(=O)N[C@@H](Cc1c[nH]c2ccccc12)C(=O)N1CCC[C@H]1C(=O)NCC(=O)O. The molecule has 1 saturated heterocycles. The van der Waals surface area contributed by atoms with Crippen molar-refractivity contribution in [2.24, 2.45) is 50.1 Å². The first kappa shape index (κ1) is 52.8. The van der Waals surface area contributed by atoms with Crippen LogP contribution in [0.5, 0.6) is 0 Å². The molecule has 2 heterocycles. The van der Waals surface area contributed by atoms with Gasteiger partial charge in [-0.3, -0.25) is 53.1 Å². The molecule has 0 bridgehead atoms. The Morgan fingerprint density at radius 3 is 1.77 bits per heavy atom. The minimum absolute atomic E-state index is 0.0183. The van der Waals surface area contributed by atoms with Gasteiger partial charge in [-0.1, -0.05) is 18.2 Å². The van der Waals surface area contributed by atoms with Gasteiger partial charge in [0.25, 0.3) is 0 Å². The van der Waals surface area contributed by atoms with Crippen LogP contribution < -0.4 is 66.7 Å². The predicted octanol–water partition coefficient (Wildman–Crippen LogP) is -5.19. The molecule has 0 saturated carbocycles. The van der Waals surface area contributed by atoms with E-state index in [1.165, 1.54) is 4.90 Å². The Hall–Kier alpha value is -7.51. The molecular formula is C40H62N16O10. The second kappa shape index (κ2) is 26.3. The second-order valence-electron chi connectivity index (χ2n) is 15.6. The van der Waals surface area contributed by atoms with Crippen LogP contribution in [0.2, 0.25) is 0 Å². The summed E-state index contributed by atoms with van der Waals surface area (Å²) in [4.78, 5) is 129. The summed E-state index contributed by atoms with van der Waals surface area (Å²) >= 11 is 0. The number of carbonyl (C=O) groups is 9. The summed E-state index contributed by atoms with van der Waals surface area (Å²) in [7, 11) is 0. The molecule has 8 amide bonds. The maximum absolute atomic E-state index is 14.5. The average Bonchev–Trinajstić information content (AvgIpc) is 3.92. The summed E-state index contributed by atoms with van der Waals surface area (Å²) in [5, 5.41) is 22.6. The fourth-order valence-corrected chi connectivity index (χ4v) is 7.13. The molecule has 66 heavy (non-hydrogen) atoms. The van der Waals surface area contributed by atoms with Crippen molar-refractivity contribution in [2.45, 2.75) is 107 Å². The Balaban J connectivity index is 1.98. The van der Waals surface area contributed by atoms with Gasteiger partial charge in [-0.05, 0) is 63.0 Å². The third-order valence-corrected chi connectivity index (χ3v) is 10.5. The van der Waals surface area contributed by atoms with Crippen LogP contribution in [-0.4, -0.2) is 143 Å². The number of aliphatic carboxylic acids is 1. The molecule has 1 aromatic heterocycles. The van der Waals surface area contributed by atoms with Gasteiger partial charge in [0, 0.05) is 56.0 Å². The third-order valence-electron chi connectivity index (χ3n) is 10.5. The number of para-hydroxylation sites is 1. The van der Waals surface area contributed by atoms with Crippen LogP contribution >= 0.6 is 0 Å². The van der Waals surface area contributed by atoms with E-state index in [-0.39, 0.29) is 95.8 Å². The van der Waals surface area contributed by atoms with Crippen LogP contribution in [0.4, 0.5) is 0 Å². The number of fused-ring (bicyclic) bond motifs is 1. The normalized spacial score (nSPS) is 15.5. The van der Waals surface area contributed by atoms with Crippen molar-refractivity contribution >= 4 is 76.0 Å². The lowest BCUT2D eigenvalue weighted by atomic mass is 10.0. The van der Waals surface area contributed by atoms with Crippen molar-refractivity contribution in [3.05, 3.63) is 36.0 Å². The summed E-state index contributed by atoms with van der Waals surface area (Å²) in [5.41, 5.74) is 39.8. The number of nitrogens with zero attached hydrogens (tertiary/aromatic N) is 3. The van der Waals surface area contributed by atoms with E-state index < -0.39 is 96.0 Å². The van der Waals surface area contributed by atoms with Gasteiger partial charge in [0.05, 0.1) is 6.04 Å². The first-order valence-electron chi connectivity index (χ1n) is 21.3. The Morgan fingerprint density at radius 1 is 0.712 bits per heavy atom. The van der Waals surface area contributed by atoms with E-state index in [4.69, 9.17) is 45.2 Å². The van der Waals surface area contributed by atoms with Gasteiger partial charge in [0.2, 0.25) is 47.3 Å². The number of rotatable bonds is 28. The summed E-state index contributed by atoms with van der Waals surface area (Å²) in [5.74, 6) is -8.09. The number of hydrogen-bond donors (Lipinski definition) is 14. The smallest absolute Gasteiger partial charge is 0.322 e. The fraction of sp³-hybridized carbons (Fsp3) is 0.525. The number of aliphatic imine (C=N–C) groups is 2. The third kappa shape index (κ3) is 17.6. The zero-order valence-corrected chi connectivity index (χ0v) is 36.5. The molecule has 3 rings (SSSR count). The first-order chi connectivity index (χ1) is 31.3. The molecule has 26 nitrogen and oxygen atoms in total. The number of nitrogens with one attached hydrogen (secondary N) is 6. The van der Waals surface area contributed by atoms with Crippen LogP contribution in [0, 0.1) is 0 Å². The molecule has 2 aromatic rings. The topological polar surface area (TPSA) is 460 Å². The van der Waals surface area contributed by atoms with Crippen molar-refractivity contribution in [2.75, 3.05) is 26.2 Å². The van der Waals surface area contributed by atoms with Gasteiger partial charge >= 0.3 is 5.97 Å². The molecule has 21 N–H and O–H groups in total. The maximum Gasteiger partial charge on any atom is 0.322 e. The predicted molar refractivity (Wildman–Crippen MR) is 240 cm³/mol. The molecule has 0 spiro atoms. The van der Waals surface area contributed by atoms with Gasteiger partial charge in [0.15, 0.2) is 11.9 Å². The van der Waals surface area contributed by atoms with Gasteiger partial charge in [-0.15, -0.1) is 0 Å². The summed E-state index contributed by atoms with van der Waals surface area (Å²) in [6.07, 6.45) is 1.24. The molecule has 1 fully saturated rings. The second-order valence-corrected chi connectivity index (χ2v) is 15.6. The average molecular weight is 927 g/mol. The summed E-state index contributed by atoms with van der Waals surface area (Å²) in [6.45, 7) is -0.490. The highest BCUT2D eigenvalue weighted by Crippen LogP contribution is 2.23. The lowest BCUT2D eigenvalue weighted by Crippen LogP contribution is -2.60. The van der Waals surface area contributed by atoms with Crippen LogP contribution in [0.25, 0.3) is 10.9 Å². The van der Waals surface area contributed by atoms with Gasteiger partial charge in [-0.25, -0.2) is 0 Å². The van der Waals surface area contributed by atoms with Gasteiger partial charge in [0.1, 0.15) is 36.8 Å². The zero-order valence-electron chi connectivity index (χ0n) is 36.5. The number of carboxylic acid groups (broad SMARTS) is 1. The van der Waals surface area contributed by atoms with Crippen LogP contribution in [0.15, 0.2) is 40.4 Å². The molecule has 1 aliphatic rings. The van der Waals surface area contributed by atoms with Crippen molar-refractivity contribution in [1.29, 1.82) is 0 Å². The number of amides is 8. The van der Waals surface area contributed by atoms with Gasteiger partial charge < -0.3 is 81.7 Å². The molecule has 6 atom stereocenters. The number of aromatic nitrogens is 1. The number of likely N-dealkylation sites (tertiary alicyclic amines) is 1. The van der Waals surface area contributed by atoms with E-state index in [2.05, 4.69) is 41.6 Å². The molecule has 1 aromatic carbocycles. The number of carboxylic acids is 1. The highest BCUT2D eigenvalue weighted by Gasteiger charge is 2.39. The number of hydrogen-bond acceptors (Lipinski definition) is 12. The number of primary amides is 2. The Labute approximate surface area is 379 Å². The number of carbonyl (C=O) groups excluding carboxylic acids is 8. The molecule has 362 valence electrons. The quantitative estimate of drug-likeness (QED) is 0.0216. The number of guanidine groups is 2. The summed E-state index contributed by atoms with van der Waals surface area (Å²) < 4.78 is 0. The molecule has 0 aliphatic carbocycles. The van der Waals surface area contributed by atoms with Crippen LogP contribution in [0.3, 0.4) is 0 Å². The van der Waals surface area contributed by atoms with Gasteiger partial charge in [-0.2, -0.15) is 0 Å². The number of nitrogens with two attached hydrogens (primary N) is 7. The van der Waals surface area contributed by atoms with E-state index in [0.717, 1.165) is 10.9 Å². The molecule has 0 unspecified atom stereocenters. The minimum Gasteiger partial charge on any atom is -0.480 e. The van der Waals surface area contributed by atoms with Crippen molar-refractivity contribution in [1.82, 2.24) is 36.5 Å². The van der Waals surface area contributed by atoms with E-state index in [9.17, 15) is 43.2 Å². The monoisotopic (exact) mass is 926 g/mol. The Kier molecular flexibility index (Phi) is 21.1. The molecule has 0 radical (unpaired) electrons.